The number of carbonyl (C=O) groups excluding carboxylic acids is 2. The Kier molecular flexibility index (Phi) is 6.02. The molecule has 3 heterocycles. The van der Waals surface area contributed by atoms with Crippen molar-refractivity contribution >= 4 is 35.0 Å². The molecule has 1 atom stereocenters. The van der Waals surface area contributed by atoms with Gasteiger partial charge in [0.15, 0.2) is 5.69 Å². The summed E-state index contributed by atoms with van der Waals surface area (Å²) in [5.74, 6) is 0.524. The predicted molar refractivity (Wildman–Crippen MR) is 133 cm³/mol. The first-order valence-corrected chi connectivity index (χ1v) is 11.7. The van der Waals surface area contributed by atoms with Crippen LogP contribution in [0.4, 0.5) is 16.2 Å². The molecular weight excluding hydrogens is 470 g/mol. The molecule has 10 heteroatoms. The maximum atomic E-state index is 13.2. The van der Waals surface area contributed by atoms with Crippen molar-refractivity contribution in [1.29, 1.82) is 0 Å². The molecule has 0 spiro atoms. The third-order valence-corrected chi connectivity index (χ3v) is 6.90. The predicted octanol–water partition coefficient (Wildman–Crippen LogP) is 3.97. The van der Waals surface area contributed by atoms with Gasteiger partial charge in [-0.1, -0.05) is 11.6 Å². The van der Waals surface area contributed by atoms with Gasteiger partial charge in [-0.05, 0) is 42.8 Å². The molecule has 0 radical (unpaired) electrons. The number of anilines is 2. The second-order valence-electron chi connectivity index (χ2n) is 8.64. The Labute approximate surface area is 208 Å². The second kappa shape index (κ2) is 9.14. The maximum absolute atomic E-state index is 13.2. The van der Waals surface area contributed by atoms with Crippen molar-refractivity contribution in [1.82, 2.24) is 14.7 Å². The number of nitrogens with zero attached hydrogens (tertiary/aromatic N) is 5. The first kappa shape index (κ1) is 23.0. The lowest BCUT2D eigenvalue weighted by atomic mass is 10.2. The van der Waals surface area contributed by atoms with Crippen LogP contribution in [-0.2, 0) is 11.3 Å². The lowest BCUT2D eigenvalue weighted by Gasteiger charge is -2.26. The molecule has 0 saturated carbocycles. The highest BCUT2D eigenvalue weighted by atomic mass is 35.5. The summed E-state index contributed by atoms with van der Waals surface area (Å²) in [5, 5.41) is 5.16. The second-order valence-corrected chi connectivity index (χ2v) is 9.08. The Morgan fingerprint density at radius 1 is 1.14 bits per heavy atom. The summed E-state index contributed by atoms with van der Waals surface area (Å²) < 4.78 is 12.2. The summed E-state index contributed by atoms with van der Waals surface area (Å²) in [4.78, 5) is 30.6. The molecule has 1 fully saturated rings. The van der Waals surface area contributed by atoms with Crippen LogP contribution < -0.4 is 14.5 Å². The number of rotatable bonds is 5. The van der Waals surface area contributed by atoms with Crippen molar-refractivity contribution in [3.05, 3.63) is 64.9 Å². The lowest BCUT2D eigenvalue weighted by molar-refractivity contribution is 0.0991. The number of hydrogen-bond donors (Lipinski definition) is 0. The zero-order valence-electron chi connectivity index (χ0n) is 19.8. The van der Waals surface area contributed by atoms with Crippen LogP contribution in [0.25, 0.3) is 5.69 Å². The fourth-order valence-corrected chi connectivity index (χ4v) is 4.80. The Morgan fingerprint density at radius 2 is 1.89 bits per heavy atom. The number of aromatic nitrogens is 2. The van der Waals surface area contributed by atoms with E-state index in [4.69, 9.17) is 21.1 Å². The maximum Gasteiger partial charge on any atom is 0.409 e. The quantitative estimate of drug-likeness (QED) is 0.533. The number of ether oxygens (including phenoxy) is 2. The number of fused-ring (bicyclic) bond motifs is 1. The first-order valence-electron chi connectivity index (χ1n) is 11.3. The Hall–Kier alpha value is -3.72. The zero-order valence-corrected chi connectivity index (χ0v) is 20.5. The molecular formula is C25H26ClN5O4. The monoisotopic (exact) mass is 495 g/mol. The van der Waals surface area contributed by atoms with Crippen molar-refractivity contribution in [2.45, 2.75) is 19.0 Å². The zero-order chi connectivity index (χ0) is 24.7. The smallest absolute Gasteiger partial charge is 0.409 e. The van der Waals surface area contributed by atoms with Crippen molar-refractivity contribution < 1.29 is 19.1 Å². The topological polar surface area (TPSA) is 80.1 Å². The number of methoxy groups -OCH3 is 2. The van der Waals surface area contributed by atoms with E-state index in [0.29, 0.717) is 29.6 Å². The van der Waals surface area contributed by atoms with E-state index in [2.05, 4.69) is 10.00 Å². The van der Waals surface area contributed by atoms with Gasteiger partial charge in [-0.15, -0.1) is 0 Å². The molecule has 0 bridgehead atoms. The highest BCUT2D eigenvalue weighted by molar-refractivity contribution is 6.30. The Morgan fingerprint density at radius 3 is 2.57 bits per heavy atom. The highest BCUT2D eigenvalue weighted by Gasteiger charge is 2.34. The van der Waals surface area contributed by atoms with Gasteiger partial charge in [0.25, 0.3) is 5.91 Å². The highest BCUT2D eigenvalue weighted by Crippen LogP contribution is 2.37. The summed E-state index contributed by atoms with van der Waals surface area (Å²) in [6.45, 7) is 1.89. The number of amides is 2. The van der Waals surface area contributed by atoms with E-state index in [1.807, 2.05) is 36.5 Å². The van der Waals surface area contributed by atoms with E-state index in [9.17, 15) is 9.59 Å². The van der Waals surface area contributed by atoms with Crippen molar-refractivity contribution in [3.63, 3.8) is 0 Å². The summed E-state index contributed by atoms with van der Waals surface area (Å²) in [5.41, 5.74) is 3.82. The van der Waals surface area contributed by atoms with Crippen LogP contribution in [0.2, 0.25) is 5.02 Å². The number of halogens is 1. The van der Waals surface area contributed by atoms with E-state index < -0.39 is 0 Å². The molecule has 0 N–H and O–H groups in total. The van der Waals surface area contributed by atoms with Crippen LogP contribution in [0.15, 0.2) is 48.7 Å². The lowest BCUT2D eigenvalue weighted by Crippen LogP contribution is -2.39. The Balaban J connectivity index is 1.33. The summed E-state index contributed by atoms with van der Waals surface area (Å²) in [6, 6.07) is 13.1. The van der Waals surface area contributed by atoms with Gasteiger partial charge in [-0.25, -0.2) is 9.48 Å². The molecule has 9 nitrogen and oxygen atoms in total. The van der Waals surface area contributed by atoms with Crippen molar-refractivity contribution in [2.24, 2.45) is 0 Å². The molecule has 1 aromatic heterocycles. The minimum absolute atomic E-state index is 0.0555. The normalized spacial score (nSPS) is 17.0. The fourth-order valence-electron chi connectivity index (χ4n) is 4.68. The standard InChI is InChI=1S/C25H26ClN5O4/c1-28(25(33)35-3)20-10-11-29(15-20)21-9-8-19(12-22(21)34-2)30-13-16-14-31(27-23(16)24(30)32)18-6-4-17(26)5-7-18/h4-9,12,14,20H,10-11,13,15H2,1-3H3/t20-/m0/s1. The number of likely N-dealkylation sites (N-methyl/N-ethyl adjacent to an activating group) is 1. The van der Waals surface area contributed by atoms with Crippen LogP contribution in [0.1, 0.15) is 22.5 Å². The van der Waals surface area contributed by atoms with Crippen LogP contribution in [-0.4, -0.2) is 67.1 Å². The summed E-state index contributed by atoms with van der Waals surface area (Å²) in [6.07, 6.45) is 2.37. The summed E-state index contributed by atoms with van der Waals surface area (Å²) in [7, 11) is 4.76. The van der Waals surface area contributed by atoms with Gasteiger partial charge in [0.2, 0.25) is 0 Å². The first-order chi connectivity index (χ1) is 16.9. The largest absolute Gasteiger partial charge is 0.495 e. The third-order valence-electron chi connectivity index (χ3n) is 6.65. The third kappa shape index (κ3) is 4.16. The van der Waals surface area contributed by atoms with E-state index >= 15 is 0 Å². The molecule has 2 amide bonds. The van der Waals surface area contributed by atoms with Crippen molar-refractivity contribution in [3.8, 4) is 11.4 Å². The van der Waals surface area contributed by atoms with Crippen LogP contribution in [0.5, 0.6) is 5.75 Å². The van der Waals surface area contributed by atoms with Crippen LogP contribution >= 0.6 is 11.6 Å². The minimum Gasteiger partial charge on any atom is -0.495 e. The van der Waals surface area contributed by atoms with E-state index in [0.717, 1.165) is 35.6 Å². The van der Waals surface area contributed by atoms with Crippen molar-refractivity contribution in [2.75, 3.05) is 44.2 Å². The molecule has 2 aliphatic heterocycles. The number of hydrogen-bond acceptors (Lipinski definition) is 6. The van der Waals surface area contributed by atoms with Gasteiger partial charge in [-0.2, -0.15) is 5.10 Å². The van der Waals surface area contributed by atoms with Gasteiger partial charge < -0.3 is 24.2 Å². The fraction of sp³-hybridized carbons (Fsp3) is 0.320. The van der Waals surface area contributed by atoms with E-state index in [1.54, 1.807) is 40.8 Å². The van der Waals surface area contributed by atoms with E-state index in [-0.39, 0.29) is 18.0 Å². The molecule has 35 heavy (non-hydrogen) atoms. The Bertz CT molecular complexity index is 1280. The van der Waals surface area contributed by atoms with Gasteiger partial charge in [0.1, 0.15) is 5.75 Å². The molecule has 5 rings (SSSR count). The van der Waals surface area contributed by atoms with Gasteiger partial charge >= 0.3 is 6.09 Å². The summed E-state index contributed by atoms with van der Waals surface area (Å²) >= 11 is 5.98. The molecule has 2 aliphatic rings. The minimum atomic E-state index is -0.343. The molecule has 3 aromatic rings. The molecule has 2 aromatic carbocycles. The van der Waals surface area contributed by atoms with Crippen LogP contribution in [0, 0.1) is 0 Å². The molecule has 182 valence electrons. The van der Waals surface area contributed by atoms with Gasteiger partial charge in [-0.3, -0.25) is 4.79 Å². The molecule has 0 aliphatic carbocycles. The molecule has 0 unspecified atom stereocenters. The van der Waals surface area contributed by atoms with Gasteiger partial charge in [0.05, 0.1) is 38.2 Å². The number of benzene rings is 2. The van der Waals surface area contributed by atoms with Crippen LogP contribution in [0.3, 0.4) is 0 Å². The SMILES string of the molecule is COC(=O)N(C)[C@H]1CCN(c2ccc(N3Cc4cn(-c5ccc(Cl)cc5)nc4C3=O)cc2OC)C1. The average molecular weight is 496 g/mol. The molecule has 1 saturated heterocycles. The van der Waals surface area contributed by atoms with Gasteiger partial charge in [0, 0.05) is 48.7 Å². The van der Waals surface area contributed by atoms with E-state index in [1.165, 1.54) is 7.11 Å². The number of carbonyl (C=O) groups is 2. The average Bonchev–Trinajstić information content (AvgIpc) is 3.60.